The van der Waals surface area contributed by atoms with E-state index < -0.39 is 5.97 Å². The molecule has 0 amide bonds. The summed E-state index contributed by atoms with van der Waals surface area (Å²) in [4.78, 5) is 15.5. The molecule has 0 spiro atoms. The van der Waals surface area contributed by atoms with Crippen LogP contribution in [-0.4, -0.2) is 25.8 Å². The van der Waals surface area contributed by atoms with E-state index in [1.807, 2.05) is 52.8 Å². The summed E-state index contributed by atoms with van der Waals surface area (Å²) in [6.07, 6.45) is 1.44. The third kappa shape index (κ3) is 3.60. The van der Waals surface area contributed by atoms with Gasteiger partial charge in [-0.2, -0.15) is 5.10 Å². The summed E-state index contributed by atoms with van der Waals surface area (Å²) >= 11 is 6.74. The van der Waals surface area contributed by atoms with Crippen LogP contribution in [0, 0.1) is 13.8 Å². The summed E-state index contributed by atoms with van der Waals surface area (Å²) in [5.74, 6) is -0.604. The van der Waals surface area contributed by atoms with Crippen LogP contribution in [0.3, 0.4) is 0 Å². The van der Waals surface area contributed by atoms with Crippen LogP contribution in [-0.2, 0) is 5.41 Å². The molecule has 146 valence electrons. The zero-order valence-corrected chi connectivity index (χ0v) is 17.3. The maximum atomic E-state index is 11.6. The van der Waals surface area contributed by atoms with E-state index in [1.165, 1.54) is 6.20 Å². The molecule has 0 aliphatic rings. The van der Waals surface area contributed by atoms with E-state index in [1.54, 1.807) is 16.8 Å². The monoisotopic (exact) mass is 398 g/mol. The van der Waals surface area contributed by atoms with Crippen LogP contribution in [0.2, 0.25) is 5.02 Å². The Balaban J connectivity index is 2.26. The molecule has 0 unspecified atom stereocenters. The highest BCUT2D eigenvalue weighted by Crippen LogP contribution is 2.38. The molecule has 0 radical (unpaired) electrons. The van der Waals surface area contributed by atoms with Crippen LogP contribution in [0.5, 0.6) is 0 Å². The van der Waals surface area contributed by atoms with Crippen LogP contribution in [0.25, 0.3) is 5.69 Å². The summed E-state index contributed by atoms with van der Waals surface area (Å²) in [6.45, 7) is 10.1. The highest BCUT2D eigenvalue weighted by Gasteiger charge is 2.28. The van der Waals surface area contributed by atoms with Gasteiger partial charge in [-0.25, -0.2) is 14.5 Å². The topological polar surface area (TPSA) is 80.0 Å². The third-order valence-electron chi connectivity index (χ3n) is 4.45. The minimum absolute atomic E-state index is 0.0786. The molecule has 0 saturated heterocycles. The fourth-order valence-corrected chi connectivity index (χ4v) is 3.54. The molecule has 0 atom stereocenters. The van der Waals surface area contributed by atoms with Crippen molar-refractivity contribution < 1.29 is 9.90 Å². The van der Waals surface area contributed by atoms with Crippen LogP contribution in [0.1, 0.15) is 48.1 Å². The summed E-state index contributed by atoms with van der Waals surface area (Å²) in [6, 6.07) is 9.33. The molecule has 2 aromatic heterocycles. The largest absolute Gasteiger partial charge is 0.476 e. The van der Waals surface area contributed by atoms with E-state index in [-0.39, 0.29) is 11.1 Å². The molecule has 0 bridgehead atoms. The molecule has 2 N–H and O–H groups in total. The lowest BCUT2D eigenvalue weighted by atomic mass is 9.92. The fraction of sp³-hybridized carbons (Fsp3) is 0.286. The van der Waals surface area contributed by atoms with Crippen LogP contribution < -0.4 is 5.32 Å². The van der Waals surface area contributed by atoms with Gasteiger partial charge < -0.3 is 10.4 Å². The summed E-state index contributed by atoms with van der Waals surface area (Å²) in [7, 11) is 0. The van der Waals surface area contributed by atoms with Crippen molar-refractivity contribution in [3.63, 3.8) is 0 Å². The number of para-hydroxylation sites is 1. The van der Waals surface area contributed by atoms with Gasteiger partial charge in [0.05, 0.1) is 17.1 Å². The second-order valence-corrected chi connectivity index (χ2v) is 8.12. The van der Waals surface area contributed by atoms with Gasteiger partial charge in [0.1, 0.15) is 5.02 Å². The van der Waals surface area contributed by atoms with Gasteiger partial charge in [-0.3, -0.25) is 0 Å². The molecular weight excluding hydrogens is 376 g/mol. The highest BCUT2D eigenvalue weighted by atomic mass is 35.5. The minimum Gasteiger partial charge on any atom is -0.476 e. The molecule has 6 nitrogen and oxygen atoms in total. The van der Waals surface area contributed by atoms with Crippen molar-refractivity contribution in [2.24, 2.45) is 0 Å². The number of hydrogen-bond acceptors (Lipinski definition) is 4. The highest BCUT2D eigenvalue weighted by molar-refractivity contribution is 6.34. The van der Waals surface area contributed by atoms with Crippen molar-refractivity contribution in [3.8, 4) is 5.69 Å². The number of carboxylic acid groups (broad SMARTS) is 1. The average Bonchev–Trinajstić information content (AvgIpc) is 2.92. The maximum Gasteiger partial charge on any atom is 0.356 e. The molecule has 3 rings (SSSR count). The predicted octanol–water partition coefficient (Wildman–Crippen LogP) is 5.28. The van der Waals surface area contributed by atoms with Gasteiger partial charge in [0.25, 0.3) is 0 Å². The van der Waals surface area contributed by atoms with Crippen LogP contribution >= 0.6 is 11.6 Å². The molecule has 0 aliphatic heterocycles. The first-order valence-electron chi connectivity index (χ1n) is 8.92. The van der Waals surface area contributed by atoms with Crippen molar-refractivity contribution in [3.05, 3.63) is 64.1 Å². The standard InChI is InChI=1S/C21H23ClN4O2/c1-12-8-6-9-13(2)17(12)26-19(15(22)18(25-26)21(3,4)5)24-14-10-7-11-23-16(14)20(27)28/h6-11,24H,1-5H3,(H,27,28). The van der Waals surface area contributed by atoms with E-state index in [9.17, 15) is 9.90 Å². The van der Waals surface area contributed by atoms with E-state index in [0.29, 0.717) is 16.5 Å². The first kappa shape index (κ1) is 19.9. The SMILES string of the molecule is Cc1cccc(C)c1-n1nc(C(C)(C)C)c(Cl)c1Nc1cccnc1C(=O)O. The van der Waals surface area contributed by atoms with Gasteiger partial charge in [0.15, 0.2) is 11.5 Å². The van der Waals surface area contributed by atoms with Crippen molar-refractivity contribution >= 4 is 29.1 Å². The molecular formula is C21H23ClN4O2. The Kier molecular flexibility index (Phi) is 5.17. The number of rotatable bonds is 4. The molecule has 3 aromatic rings. The number of carbonyl (C=O) groups is 1. The number of aromatic carboxylic acids is 1. The predicted molar refractivity (Wildman–Crippen MR) is 111 cm³/mol. The van der Waals surface area contributed by atoms with E-state index >= 15 is 0 Å². The van der Waals surface area contributed by atoms with Crippen LogP contribution in [0.4, 0.5) is 11.5 Å². The Morgan fingerprint density at radius 2 is 1.79 bits per heavy atom. The van der Waals surface area contributed by atoms with Gasteiger partial charge in [-0.05, 0) is 37.1 Å². The summed E-state index contributed by atoms with van der Waals surface area (Å²) < 4.78 is 1.76. The van der Waals surface area contributed by atoms with E-state index in [4.69, 9.17) is 16.7 Å². The Bertz CT molecular complexity index is 1030. The minimum atomic E-state index is -1.12. The first-order chi connectivity index (χ1) is 13.1. The Morgan fingerprint density at radius 3 is 2.36 bits per heavy atom. The maximum absolute atomic E-state index is 11.6. The van der Waals surface area contributed by atoms with Crippen molar-refractivity contribution in [1.82, 2.24) is 14.8 Å². The van der Waals surface area contributed by atoms with E-state index in [2.05, 4.69) is 10.3 Å². The molecule has 0 aliphatic carbocycles. The van der Waals surface area contributed by atoms with Crippen molar-refractivity contribution in [1.29, 1.82) is 0 Å². The Labute approximate surface area is 169 Å². The Hall–Kier alpha value is -2.86. The molecule has 0 saturated carbocycles. The second kappa shape index (κ2) is 7.28. The Morgan fingerprint density at radius 1 is 1.14 bits per heavy atom. The zero-order chi connectivity index (χ0) is 20.6. The fourth-order valence-electron chi connectivity index (χ4n) is 3.09. The third-order valence-corrected chi connectivity index (χ3v) is 4.81. The number of carboxylic acids is 1. The number of hydrogen-bond donors (Lipinski definition) is 2. The van der Waals surface area contributed by atoms with Gasteiger partial charge >= 0.3 is 5.97 Å². The summed E-state index contributed by atoms with van der Waals surface area (Å²) in [5, 5.41) is 17.9. The van der Waals surface area contributed by atoms with Gasteiger partial charge in [0, 0.05) is 11.6 Å². The smallest absolute Gasteiger partial charge is 0.356 e. The molecule has 28 heavy (non-hydrogen) atoms. The summed E-state index contributed by atoms with van der Waals surface area (Å²) in [5.41, 5.74) is 3.68. The van der Waals surface area contributed by atoms with Crippen molar-refractivity contribution in [2.45, 2.75) is 40.0 Å². The van der Waals surface area contributed by atoms with Crippen LogP contribution in [0.15, 0.2) is 36.5 Å². The number of anilines is 2. The van der Waals surface area contributed by atoms with E-state index in [0.717, 1.165) is 22.5 Å². The molecule has 7 heteroatoms. The molecule has 2 heterocycles. The number of aryl methyl sites for hydroxylation is 2. The number of halogens is 1. The second-order valence-electron chi connectivity index (χ2n) is 7.74. The average molecular weight is 399 g/mol. The lowest BCUT2D eigenvalue weighted by Gasteiger charge is -2.15. The lowest BCUT2D eigenvalue weighted by molar-refractivity contribution is 0.0691. The van der Waals surface area contributed by atoms with Crippen molar-refractivity contribution in [2.75, 3.05) is 5.32 Å². The quantitative estimate of drug-likeness (QED) is 0.625. The molecule has 1 aromatic carbocycles. The number of benzene rings is 1. The number of pyridine rings is 1. The number of nitrogens with zero attached hydrogens (tertiary/aromatic N) is 3. The van der Waals surface area contributed by atoms with Gasteiger partial charge in [0.2, 0.25) is 0 Å². The first-order valence-corrected chi connectivity index (χ1v) is 9.30. The normalized spacial score (nSPS) is 11.5. The molecule has 0 fully saturated rings. The van der Waals surface area contributed by atoms with Gasteiger partial charge in [-0.1, -0.05) is 50.6 Å². The zero-order valence-electron chi connectivity index (χ0n) is 16.5. The van der Waals surface area contributed by atoms with Gasteiger partial charge in [-0.15, -0.1) is 0 Å². The lowest BCUT2D eigenvalue weighted by Crippen LogP contribution is -2.13. The number of aromatic nitrogens is 3. The number of nitrogens with one attached hydrogen (secondary N) is 1.